The fourth-order valence-corrected chi connectivity index (χ4v) is 3.72. The molecule has 0 aromatic carbocycles. The molecule has 2 unspecified atom stereocenters. The second kappa shape index (κ2) is 3.86. The predicted molar refractivity (Wildman–Crippen MR) is 69.4 cm³/mol. The molecule has 4 heteroatoms. The number of amides is 1. The van der Waals surface area contributed by atoms with E-state index in [4.69, 9.17) is 4.74 Å². The second-order valence-corrected chi connectivity index (χ2v) is 7.07. The van der Waals surface area contributed by atoms with Gasteiger partial charge < -0.3 is 10.1 Å². The van der Waals surface area contributed by atoms with Gasteiger partial charge in [0.25, 0.3) is 0 Å². The molecule has 4 rings (SSSR count). The minimum Gasteiger partial charge on any atom is -0.444 e. The van der Waals surface area contributed by atoms with Crippen LogP contribution in [0.1, 0.15) is 46.5 Å². The van der Waals surface area contributed by atoms with Gasteiger partial charge in [-0.25, -0.2) is 4.79 Å². The molecule has 4 aliphatic rings. The van der Waals surface area contributed by atoms with Crippen LogP contribution >= 0.6 is 0 Å². The van der Waals surface area contributed by atoms with Crippen LogP contribution in [0.15, 0.2) is 0 Å². The number of carbonyl (C=O) groups excluding carboxylic acids is 1. The van der Waals surface area contributed by atoms with Crippen LogP contribution in [0, 0.1) is 5.92 Å². The number of rotatable bonds is 1. The van der Waals surface area contributed by atoms with Gasteiger partial charge in [0.1, 0.15) is 5.60 Å². The summed E-state index contributed by atoms with van der Waals surface area (Å²) in [6, 6.07) is 0.356. The van der Waals surface area contributed by atoms with Crippen LogP contribution < -0.4 is 5.32 Å². The molecule has 0 radical (unpaired) electrons. The molecule has 18 heavy (non-hydrogen) atoms. The third-order valence-electron chi connectivity index (χ3n) is 4.70. The maximum Gasteiger partial charge on any atom is 0.411 e. The van der Waals surface area contributed by atoms with Crippen LogP contribution in [-0.4, -0.2) is 41.3 Å². The highest BCUT2D eigenvalue weighted by Gasteiger charge is 2.61. The summed E-state index contributed by atoms with van der Waals surface area (Å²) in [5.74, 6) is 0.689. The van der Waals surface area contributed by atoms with Gasteiger partial charge in [0, 0.05) is 13.1 Å². The third-order valence-corrected chi connectivity index (χ3v) is 4.70. The van der Waals surface area contributed by atoms with Gasteiger partial charge in [-0.15, -0.1) is 0 Å². The fourth-order valence-electron chi connectivity index (χ4n) is 3.72. The normalized spacial score (nSPS) is 35.7. The molecule has 2 atom stereocenters. The van der Waals surface area contributed by atoms with Crippen LogP contribution in [0.4, 0.5) is 4.79 Å². The van der Waals surface area contributed by atoms with E-state index in [1.807, 2.05) is 20.8 Å². The topological polar surface area (TPSA) is 41.6 Å². The number of carbonyl (C=O) groups is 1. The zero-order valence-corrected chi connectivity index (χ0v) is 11.7. The molecule has 1 aliphatic carbocycles. The molecular weight excluding hydrogens is 228 g/mol. The van der Waals surface area contributed by atoms with Crippen LogP contribution in [0.5, 0.6) is 0 Å². The maximum absolute atomic E-state index is 12.4. The molecule has 0 aromatic rings. The Morgan fingerprint density at radius 1 is 1.39 bits per heavy atom. The number of hydrogen-bond acceptors (Lipinski definition) is 3. The summed E-state index contributed by atoms with van der Waals surface area (Å²) in [5.41, 5.74) is -0.321. The first-order chi connectivity index (χ1) is 8.42. The molecular formula is C14H24N2O2. The van der Waals surface area contributed by atoms with E-state index in [2.05, 4.69) is 10.2 Å². The highest BCUT2D eigenvalue weighted by Crippen LogP contribution is 2.51. The molecule has 4 fully saturated rings. The first kappa shape index (κ1) is 12.3. The van der Waals surface area contributed by atoms with Crippen molar-refractivity contribution in [1.82, 2.24) is 10.2 Å². The average molecular weight is 252 g/mol. The van der Waals surface area contributed by atoms with E-state index in [1.54, 1.807) is 0 Å². The van der Waals surface area contributed by atoms with Crippen LogP contribution in [-0.2, 0) is 4.74 Å². The van der Waals surface area contributed by atoms with Crippen molar-refractivity contribution in [3.05, 3.63) is 0 Å². The third kappa shape index (κ3) is 1.73. The summed E-state index contributed by atoms with van der Waals surface area (Å²) >= 11 is 0. The zero-order valence-electron chi connectivity index (χ0n) is 11.7. The summed E-state index contributed by atoms with van der Waals surface area (Å²) in [5, 5.41) is 3.47. The number of piperidine rings is 1. The first-order valence-corrected chi connectivity index (χ1v) is 7.15. The van der Waals surface area contributed by atoms with Crippen LogP contribution in [0.25, 0.3) is 0 Å². The lowest BCUT2D eigenvalue weighted by molar-refractivity contribution is -0.140. The van der Waals surface area contributed by atoms with Crippen molar-refractivity contribution in [2.75, 3.05) is 13.1 Å². The lowest BCUT2D eigenvalue weighted by atomic mass is 9.60. The van der Waals surface area contributed by atoms with Gasteiger partial charge in [-0.3, -0.25) is 4.90 Å². The van der Waals surface area contributed by atoms with Crippen molar-refractivity contribution in [2.45, 2.75) is 63.6 Å². The molecule has 4 nitrogen and oxygen atoms in total. The molecule has 102 valence electrons. The molecule has 1 N–H and O–H groups in total. The van der Waals surface area contributed by atoms with Crippen molar-refractivity contribution < 1.29 is 9.53 Å². The number of hydrogen-bond donors (Lipinski definition) is 1. The number of nitrogens with one attached hydrogen (secondary N) is 1. The summed E-state index contributed by atoms with van der Waals surface area (Å²) in [7, 11) is 0. The standard InChI is InChI=1S/C14H24N2O2/c1-13(2,3)18-12(17)16-11-7-14(16,9-15-8-11)10-5-4-6-10/h10-11,15H,4-9H2,1-3H3. The van der Waals surface area contributed by atoms with Crippen molar-refractivity contribution >= 4 is 6.09 Å². The molecule has 0 aromatic heterocycles. The molecule has 3 aliphatic heterocycles. The van der Waals surface area contributed by atoms with E-state index in [1.165, 1.54) is 25.7 Å². The minimum atomic E-state index is -0.394. The van der Waals surface area contributed by atoms with Gasteiger partial charge in [0.05, 0.1) is 11.6 Å². The zero-order chi connectivity index (χ0) is 13.0. The van der Waals surface area contributed by atoms with E-state index in [0.29, 0.717) is 12.0 Å². The van der Waals surface area contributed by atoms with Crippen molar-refractivity contribution in [1.29, 1.82) is 0 Å². The summed E-state index contributed by atoms with van der Waals surface area (Å²) in [6.07, 6.45) is 4.93. The first-order valence-electron chi connectivity index (χ1n) is 7.15. The average Bonchev–Trinajstić information content (AvgIpc) is 2.11. The van der Waals surface area contributed by atoms with E-state index < -0.39 is 5.60 Å². The van der Waals surface area contributed by atoms with Gasteiger partial charge in [-0.2, -0.15) is 0 Å². The lowest BCUT2D eigenvalue weighted by Gasteiger charge is -2.66. The van der Waals surface area contributed by atoms with Crippen molar-refractivity contribution in [3.63, 3.8) is 0 Å². The Hall–Kier alpha value is -0.770. The predicted octanol–water partition coefficient (Wildman–Crippen LogP) is 2.14. The molecule has 1 amide bonds. The van der Waals surface area contributed by atoms with Crippen LogP contribution in [0.2, 0.25) is 0 Å². The van der Waals surface area contributed by atoms with E-state index >= 15 is 0 Å². The smallest absolute Gasteiger partial charge is 0.411 e. The lowest BCUT2D eigenvalue weighted by Crippen LogP contribution is -2.80. The Morgan fingerprint density at radius 2 is 2.11 bits per heavy atom. The fraction of sp³-hybridized carbons (Fsp3) is 0.929. The summed E-state index contributed by atoms with van der Waals surface area (Å²) < 4.78 is 5.58. The maximum atomic E-state index is 12.4. The second-order valence-electron chi connectivity index (χ2n) is 7.07. The SMILES string of the molecule is CC(C)(C)OC(=O)N1C2CNCC1(C1CCC1)C2. The molecule has 3 saturated heterocycles. The van der Waals surface area contributed by atoms with Gasteiger partial charge in [0.2, 0.25) is 0 Å². The highest BCUT2D eigenvalue weighted by molar-refractivity contribution is 5.72. The highest BCUT2D eigenvalue weighted by atomic mass is 16.6. The molecule has 3 heterocycles. The Kier molecular flexibility index (Phi) is 2.63. The quantitative estimate of drug-likeness (QED) is 0.777. The van der Waals surface area contributed by atoms with Gasteiger partial charge in [0.15, 0.2) is 0 Å². The number of nitrogens with zero attached hydrogens (tertiary/aromatic N) is 1. The molecule has 0 spiro atoms. The summed E-state index contributed by atoms with van der Waals surface area (Å²) in [6.45, 7) is 7.69. The van der Waals surface area contributed by atoms with Gasteiger partial charge in [-0.1, -0.05) is 6.42 Å². The Labute approximate surface area is 109 Å². The van der Waals surface area contributed by atoms with Crippen molar-refractivity contribution in [3.8, 4) is 0 Å². The van der Waals surface area contributed by atoms with E-state index in [-0.39, 0.29) is 11.6 Å². The Bertz CT molecular complexity index is 355. The summed E-state index contributed by atoms with van der Waals surface area (Å²) in [4.78, 5) is 14.4. The Balaban J connectivity index is 1.76. The molecule has 1 saturated carbocycles. The van der Waals surface area contributed by atoms with E-state index in [9.17, 15) is 4.79 Å². The Morgan fingerprint density at radius 3 is 2.61 bits per heavy atom. The molecule has 2 bridgehead atoms. The largest absolute Gasteiger partial charge is 0.444 e. The minimum absolute atomic E-state index is 0.0729. The van der Waals surface area contributed by atoms with Crippen LogP contribution in [0.3, 0.4) is 0 Å². The number of fused-ring (bicyclic) bond motifs is 2. The monoisotopic (exact) mass is 252 g/mol. The van der Waals surface area contributed by atoms with Gasteiger partial charge >= 0.3 is 6.09 Å². The number of ether oxygens (including phenoxy) is 1. The van der Waals surface area contributed by atoms with Crippen molar-refractivity contribution in [2.24, 2.45) is 5.92 Å². The van der Waals surface area contributed by atoms with E-state index in [0.717, 1.165) is 13.1 Å². The number of piperazine rings is 1. The van der Waals surface area contributed by atoms with Gasteiger partial charge in [-0.05, 0) is 46.0 Å².